The molecule has 0 heterocycles. The summed E-state index contributed by atoms with van der Waals surface area (Å²) in [4.78, 5) is 14.1. The second-order valence-corrected chi connectivity index (χ2v) is 9.19. The highest BCUT2D eigenvalue weighted by Crippen LogP contribution is 2.24. The van der Waals surface area contributed by atoms with E-state index in [1.165, 1.54) is 58.7 Å². The summed E-state index contributed by atoms with van der Waals surface area (Å²) in [5.41, 5.74) is 0.0918. The molecule has 0 atom stereocenters. The van der Waals surface area contributed by atoms with Crippen LogP contribution in [0.5, 0.6) is 5.75 Å². The van der Waals surface area contributed by atoms with Gasteiger partial charge in [0, 0.05) is 20.1 Å². The first kappa shape index (κ1) is 23.1. The van der Waals surface area contributed by atoms with Gasteiger partial charge in [0.25, 0.3) is 5.91 Å². The average molecular weight is 443 g/mol. The Bertz CT molecular complexity index is 965. The maximum Gasteiger partial charge on any atom is 0.255 e. The Morgan fingerprint density at radius 1 is 1.14 bits per heavy atom. The van der Waals surface area contributed by atoms with Crippen LogP contribution in [0.4, 0.5) is 4.39 Å². The summed E-state index contributed by atoms with van der Waals surface area (Å²) in [7, 11) is -0.700. The highest BCUT2D eigenvalue weighted by molar-refractivity contribution is 7.89. The Hall–Kier alpha value is -2.16. The van der Waals surface area contributed by atoms with Crippen LogP contribution >= 0.6 is 11.6 Å². The molecule has 0 bridgehead atoms. The predicted molar refractivity (Wildman–Crippen MR) is 110 cm³/mol. The number of hydrogen-bond donors (Lipinski definition) is 0. The molecular formula is C20H24ClFN2O4S. The van der Waals surface area contributed by atoms with Gasteiger partial charge in [0.2, 0.25) is 10.0 Å². The van der Waals surface area contributed by atoms with Crippen LogP contribution in [0.2, 0.25) is 5.02 Å². The monoisotopic (exact) mass is 442 g/mol. The summed E-state index contributed by atoms with van der Waals surface area (Å²) in [6, 6.07) is 9.39. The van der Waals surface area contributed by atoms with Gasteiger partial charge in [-0.1, -0.05) is 11.6 Å². The Morgan fingerprint density at radius 2 is 1.76 bits per heavy atom. The van der Waals surface area contributed by atoms with Gasteiger partial charge in [-0.25, -0.2) is 12.8 Å². The number of rotatable bonds is 8. The molecule has 0 unspecified atom stereocenters. The Morgan fingerprint density at radius 3 is 2.34 bits per heavy atom. The second kappa shape index (κ2) is 9.56. The second-order valence-electron chi connectivity index (χ2n) is 6.79. The van der Waals surface area contributed by atoms with Crippen LogP contribution < -0.4 is 4.74 Å². The van der Waals surface area contributed by atoms with E-state index < -0.39 is 15.9 Å². The molecule has 0 fully saturated rings. The summed E-state index contributed by atoms with van der Waals surface area (Å²) < 4.78 is 45.0. The van der Waals surface area contributed by atoms with Gasteiger partial charge in [0.1, 0.15) is 18.2 Å². The van der Waals surface area contributed by atoms with E-state index in [4.69, 9.17) is 16.3 Å². The van der Waals surface area contributed by atoms with E-state index in [0.29, 0.717) is 5.75 Å². The van der Waals surface area contributed by atoms with E-state index >= 15 is 0 Å². The molecular weight excluding hydrogens is 419 g/mol. The summed E-state index contributed by atoms with van der Waals surface area (Å²) in [6.45, 7) is 3.93. The minimum atomic E-state index is -3.74. The van der Waals surface area contributed by atoms with E-state index in [1.807, 2.05) is 0 Å². The Kier molecular flexibility index (Phi) is 7.62. The number of carbonyl (C=O) groups excluding carboxylic acids is 1. The molecule has 0 aliphatic rings. The molecule has 9 heteroatoms. The lowest BCUT2D eigenvalue weighted by Gasteiger charge is -2.22. The number of carbonyl (C=O) groups is 1. The zero-order valence-electron chi connectivity index (χ0n) is 16.7. The highest BCUT2D eigenvalue weighted by atomic mass is 35.5. The van der Waals surface area contributed by atoms with Crippen LogP contribution in [0.3, 0.4) is 0 Å². The molecule has 0 N–H and O–H groups in total. The van der Waals surface area contributed by atoms with E-state index in [-0.39, 0.29) is 40.5 Å². The molecule has 0 aliphatic carbocycles. The van der Waals surface area contributed by atoms with Crippen molar-refractivity contribution in [1.82, 2.24) is 9.21 Å². The summed E-state index contributed by atoms with van der Waals surface area (Å²) in [5, 5.41) is 0.160. The molecule has 1 amide bonds. The number of amides is 1. The number of nitrogens with zero attached hydrogens (tertiary/aromatic N) is 2. The van der Waals surface area contributed by atoms with Gasteiger partial charge >= 0.3 is 0 Å². The van der Waals surface area contributed by atoms with Crippen molar-refractivity contribution in [3.05, 3.63) is 58.9 Å². The number of hydrogen-bond acceptors (Lipinski definition) is 4. The first-order valence-corrected chi connectivity index (χ1v) is 10.8. The van der Waals surface area contributed by atoms with Gasteiger partial charge in [0.15, 0.2) is 0 Å². The van der Waals surface area contributed by atoms with Crippen molar-refractivity contribution in [2.75, 3.05) is 27.2 Å². The van der Waals surface area contributed by atoms with Gasteiger partial charge in [-0.05, 0) is 56.3 Å². The molecule has 29 heavy (non-hydrogen) atoms. The third-order valence-electron chi connectivity index (χ3n) is 4.43. The van der Waals surface area contributed by atoms with Gasteiger partial charge in [-0.3, -0.25) is 4.79 Å². The lowest BCUT2D eigenvalue weighted by molar-refractivity contribution is 0.0773. The molecule has 0 aliphatic heterocycles. The lowest BCUT2D eigenvalue weighted by Crippen LogP contribution is -2.34. The van der Waals surface area contributed by atoms with Gasteiger partial charge < -0.3 is 9.64 Å². The lowest BCUT2D eigenvalue weighted by atomic mass is 10.2. The van der Waals surface area contributed by atoms with Crippen LogP contribution in [-0.4, -0.2) is 56.8 Å². The minimum Gasteiger partial charge on any atom is -0.492 e. The first-order chi connectivity index (χ1) is 13.5. The normalized spacial score (nSPS) is 11.7. The van der Waals surface area contributed by atoms with Crippen LogP contribution in [0.15, 0.2) is 47.4 Å². The Labute approximate surface area is 175 Å². The highest BCUT2D eigenvalue weighted by Gasteiger charge is 2.25. The molecule has 2 rings (SSSR count). The Balaban J connectivity index is 2.12. The summed E-state index contributed by atoms with van der Waals surface area (Å²) >= 11 is 6.15. The van der Waals surface area contributed by atoms with E-state index in [2.05, 4.69) is 0 Å². The smallest absolute Gasteiger partial charge is 0.255 e. The van der Waals surface area contributed by atoms with Crippen LogP contribution in [0, 0.1) is 5.82 Å². The number of halogens is 2. The minimum absolute atomic E-state index is 0.00240. The molecule has 6 nitrogen and oxygen atoms in total. The van der Waals surface area contributed by atoms with E-state index in [1.54, 1.807) is 20.9 Å². The molecule has 0 aromatic heterocycles. The fourth-order valence-corrected chi connectivity index (χ4v) is 4.00. The van der Waals surface area contributed by atoms with Gasteiger partial charge in [0.05, 0.1) is 22.0 Å². The molecule has 0 saturated carbocycles. The third-order valence-corrected chi connectivity index (χ3v) is 6.79. The van der Waals surface area contributed by atoms with Crippen LogP contribution in [0.25, 0.3) is 0 Å². The molecule has 0 radical (unpaired) electrons. The predicted octanol–water partition coefficient (Wildman–Crippen LogP) is 3.66. The zero-order chi connectivity index (χ0) is 21.8. The number of sulfonamides is 1. The average Bonchev–Trinajstić information content (AvgIpc) is 2.68. The number of likely N-dealkylation sites (N-methyl/N-ethyl adjacent to an activating group) is 1. The quantitative estimate of drug-likeness (QED) is 0.625. The summed E-state index contributed by atoms with van der Waals surface area (Å²) in [6.07, 6.45) is 0. The van der Waals surface area contributed by atoms with Gasteiger partial charge in [-0.2, -0.15) is 4.31 Å². The largest absolute Gasteiger partial charge is 0.492 e. The number of ether oxygens (including phenoxy) is 1. The van der Waals surface area contributed by atoms with Crippen LogP contribution in [0.1, 0.15) is 24.2 Å². The van der Waals surface area contributed by atoms with Crippen molar-refractivity contribution in [2.24, 2.45) is 0 Å². The molecule has 2 aromatic carbocycles. The topological polar surface area (TPSA) is 66.9 Å². The summed E-state index contributed by atoms with van der Waals surface area (Å²) in [5.74, 6) is -0.311. The number of benzene rings is 2. The van der Waals surface area contributed by atoms with Crippen LogP contribution in [-0.2, 0) is 10.0 Å². The SMILES string of the molecule is CC(C)N(C)S(=O)(=O)c1ccc(Cl)c(C(=O)N(C)CCOc2ccc(F)cc2)c1. The van der Waals surface area contributed by atoms with E-state index in [0.717, 1.165) is 0 Å². The first-order valence-electron chi connectivity index (χ1n) is 8.95. The molecule has 2 aromatic rings. The maximum absolute atomic E-state index is 12.9. The fourth-order valence-electron chi connectivity index (χ4n) is 2.41. The maximum atomic E-state index is 12.9. The van der Waals surface area contributed by atoms with E-state index in [9.17, 15) is 17.6 Å². The van der Waals surface area contributed by atoms with Crippen molar-refractivity contribution in [1.29, 1.82) is 0 Å². The zero-order valence-corrected chi connectivity index (χ0v) is 18.3. The molecule has 0 saturated heterocycles. The van der Waals surface area contributed by atoms with Crippen molar-refractivity contribution >= 4 is 27.5 Å². The van der Waals surface area contributed by atoms with Crippen molar-refractivity contribution in [3.8, 4) is 5.75 Å². The van der Waals surface area contributed by atoms with Gasteiger partial charge in [-0.15, -0.1) is 0 Å². The van der Waals surface area contributed by atoms with Crippen molar-refractivity contribution in [3.63, 3.8) is 0 Å². The standard InChI is InChI=1S/C20H24ClFN2O4S/c1-14(2)24(4)29(26,27)17-9-10-19(21)18(13-17)20(25)23(3)11-12-28-16-7-5-15(22)6-8-16/h5-10,13-14H,11-12H2,1-4H3. The fraction of sp³-hybridized carbons (Fsp3) is 0.350. The van der Waals surface area contributed by atoms with Crippen molar-refractivity contribution < 1.29 is 22.3 Å². The third kappa shape index (κ3) is 5.68. The van der Waals surface area contributed by atoms with Crippen molar-refractivity contribution in [2.45, 2.75) is 24.8 Å². The molecule has 0 spiro atoms. The molecule has 158 valence electrons.